The lowest BCUT2D eigenvalue weighted by molar-refractivity contribution is 0.0416. The number of nitrogens with zero attached hydrogens (tertiary/aromatic N) is 3. The molecule has 2 amide bonds. The molecule has 7 nitrogen and oxygen atoms in total. The molecule has 1 N–H and O–H groups in total. The van der Waals surface area contributed by atoms with Gasteiger partial charge in [0.2, 0.25) is 0 Å². The molecular formula is C31H31N3O4. The number of rotatable bonds is 8. The normalized spacial score (nSPS) is 17.3. The van der Waals surface area contributed by atoms with Gasteiger partial charge in [0.15, 0.2) is 0 Å². The second-order valence-corrected chi connectivity index (χ2v) is 10.1. The molecule has 38 heavy (non-hydrogen) atoms. The number of β-amino-alcohol motifs (C(OH)–C–C–N with tert-alkyl or cyclic N) is 1. The summed E-state index contributed by atoms with van der Waals surface area (Å²) in [6.07, 6.45) is -0.584. The van der Waals surface area contributed by atoms with Crippen LogP contribution in [0.4, 0.5) is 0 Å². The number of carbonyl (C=O) groups excluding carboxylic acids is 2. The van der Waals surface area contributed by atoms with Gasteiger partial charge in [0, 0.05) is 62.3 Å². The minimum absolute atomic E-state index is 0.215. The van der Waals surface area contributed by atoms with E-state index < -0.39 is 6.10 Å². The number of hydrogen-bond donors (Lipinski definition) is 1. The van der Waals surface area contributed by atoms with Gasteiger partial charge in [0.1, 0.15) is 18.5 Å². The Morgan fingerprint density at radius 1 is 0.711 bits per heavy atom. The Hall–Kier alpha value is -3.78. The highest BCUT2D eigenvalue weighted by Gasteiger charge is 2.33. The quantitative estimate of drug-likeness (QED) is 0.366. The Morgan fingerprint density at radius 2 is 1.34 bits per heavy atom. The van der Waals surface area contributed by atoms with Gasteiger partial charge in [-0.05, 0) is 40.4 Å². The molecule has 1 fully saturated rings. The number of ether oxygens (including phenoxy) is 1. The number of piperazine rings is 1. The van der Waals surface area contributed by atoms with Crippen LogP contribution in [-0.4, -0.2) is 90.1 Å². The second-order valence-electron chi connectivity index (χ2n) is 10.1. The zero-order valence-corrected chi connectivity index (χ0v) is 21.3. The smallest absolute Gasteiger partial charge is 0.261 e. The molecule has 4 aromatic rings. The van der Waals surface area contributed by atoms with Gasteiger partial charge in [-0.25, -0.2) is 0 Å². The molecule has 194 valence electrons. The largest absolute Gasteiger partial charge is 0.491 e. The molecule has 2 aliphatic rings. The third-order valence-electron chi connectivity index (χ3n) is 7.59. The van der Waals surface area contributed by atoms with Crippen LogP contribution in [0.15, 0.2) is 78.9 Å². The Bertz CT molecular complexity index is 1440. The Kier molecular flexibility index (Phi) is 6.81. The molecule has 0 spiro atoms. The summed E-state index contributed by atoms with van der Waals surface area (Å²) in [5.41, 5.74) is 1.20. The lowest BCUT2D eigenvalue weighted by Gasteiger charge is -2.36. The van der Waals surface area contributed by atoms with E-state index in [1.165, 1.54) is 4.90 Å². The summed E-state index contributed by atoms with van der Waals surface area (Å²) in [5, 5.41) is 14.5. The highest BCUT2D eigenvalue weighted by molar-refractivity contribution is 6.25. The maximum absolute atomic E-state index is 13.1. The van der Waals surface area contributed by atoms with Crippen molar-refractivity contribution >= 4 is 33.4 Å². The van der Waals surface area contributed by atoms with Crippen molar-refractivity contribution in [2.24, 2.45) is 0 Å². The average Bonchev–Trinajstić information content (AvgIpc) is 2.95. The Labute approximate surface area is 221 Å². The molecule has 0 radical (unpaired) electrons. The first-order valence-electron chi connectivity index (χ1n) is 13.2. The summed E-state index contributed by atoms with van der Waals surface area (Å²) in [4.78, 5) is 32.1. The minimum Gasteiger partial charge on any atom is -0.491 e. The van der Waals surface area contributed by atoms with Crippen molar-refractivity contribution in [3.05, 3.63) is 90.0 Å². The van der Waals surface area contributed by atoms with Gasteiger partial charge in [-0.3, -0.25) is 24.3 Å². The molecule has 0 saturated carbocycles. The first-order valence-corrected chi connectivity index (χ1v) is 13.2. The van der Waals surface area contributed by atoms with Crippen LogP contribution in [0, 0.1) is 0 Å². The second kappa shape index (κ2) is 10.5. The Balaban J connectivity index is 0.975. The maximum atomic E-state index is 13.1. The van der Waals surface area contributed by atoms with Crippen molar-refractivity contribution in [1.82, 2.24) is 14.7 Å². The highest BCUT2D eigenvalue weighted by atomic mass is 16.5. The fourth-order valence-electron chi connectivity index (χ4n) is 5.52. The molecule has 0 unspecified atom stereocenters. The third kappa shape index (κ3) is 4.88. The number of fused-ring (bicyclic) bond motifs is 1. The number of amides is 2. The van der Waals surface area contributed by atoms with Crippen molar-refractivity contribution in [3.8, 4) is 5.75 Å². The van der Waals surface area contributed by atoms with Crippen LogP contribution in [0.25, 0.3) is 21.5 Å². The van der Waals surface area contributed by atoms with Crippen molar-refractivity contribution < 1.29 is 19.4 Å². The molecule has 2 aliphatic heterocycles. The summed E-state index contributed by atoms with van der Waals surface area (Å²) in [5.74, 6) is 0.327. The fourth-order valence-corrected chi connectivity index (χ4v) is 5.52. The van der Waals surface area contributed by atoms with Gasteiger partial charge in [-0.1, -0.05) is 54.6 Å². The van der Waals surface area contributed by atoms with E-state index >= 15 is 0 Å². The monoisotopic (exact) mass is 509 g/mol. The first-order chi connectivity index (χ1) is 18.6. The average molecular weight is 510 g/mol. The first kappa shape index (κ1) is 24.6. The maximum Gasteiger partial charge on any atom is 0.261 e. The fraction of sp³-hybridized carbons (Fsp3) is 0.290. The number of aliphatic hydroxyl groups excluding tert-OH is 1. The number of hydrogen-bond acceptors (Lipinski definition) is 6. The van der Waals surface area contributed by atoms with Crippen molar-refractivity contribution in [2.45, 2.75) is 6.10 Å². The zero-order chi connectivity index (χ0) is 26.1. The SMILES string of the molecule is O=C1c2cccc3cccc(c23)C(=O)N1CCN1CCN(C[C@H](O)COc2ccc3ccccc3c2)CC1. The van der Waals surface area contributed by atoms with E-state index in [2.05, 4.69) is 21.9 Å². The molecule has 1 saturated heterocycles. The van der Waals surface area contributed by atoms with Gasteiger partial charge in [0.05, 0.1) is 0 Å². The van der Waals surface area contributed by atoms with Gasteiger partial charge in [-0.15, -0.1) is 0 Å². The summed E-state index contributed by atoms with van der Waals surface area (Å²) >= 11 is 0. The standard InChI is InChI=1S/C31H31N3O4/c35-25(21-38-26-12-11-22-5-1-2-6-24(22)19-26)20-33-15-13-32(14-16-33)17-18-34-30(36)27-9-3-7-23-8-4-10-28(29(23)27)31(34)37/h1-12,19,25,35H,13-18,20-21H2/t25-/m0/s1. The molecule has 6 rings (SSSR count). The number of imide groups is 1. The third-order valence-corrected chi connectivity index (χ3v) is 7.59. The molecule has 4 aromatic carbocycles. The molecule has 7 heteroatoms. The van der Waals surface area contributed by atoms with Crippen molar-refractivity contribution in [2.75, 3.05) is 52.4 Å². The van der Waals surface area contributed by atoms with Crippen LogP contribution in [0.5, 0.6) is 5.75 Å². The van der Waals surface area contributed by atoms with E-state index in [-0.39, 0.29) is 18.4 Å². The van der Waals surface area contributed by atoms with Crippen LogP contribution in [0.3, 0.4) is 0 Å². The zero-order valence-electron chi connectivity index (χ0n) is 21.3. The predicted octanol–water partition coefficient (Wildman–Crippen LogP) is 3.65. The molecule has 0 aliphatic carbocycles. The van der Waals surface area contributed by atoms with Crippen molar-refractivity contribution in [1.29, 1.82) is 0 Å². The van der Waals surface area contributed by atoms with E-state index in [9.17, 15) is 14.7 Å². The van der Waals surface area contributed by atoms with Crippen molar-refractivity contribution in [3.63, 3.8) is 0 Å². The lowest BCUT2D eigenvalue weighted by Crippen LogP contribution is -2.51. The Morgan fingerprint density at radius 3 is 2.05 bits per heavy atom. The number of benzene rings is 4. The van der Waals surface area contributed by atoms with E-state index in [1.807, 2.05) is 54.6 Å². The van der Waals surface area contributed by atoms with E-state index in [0.29, 0.717) is 30.8 Å². The topological polar surface area (TPSA) is 73.3 Å². The van der Waals surface area contributed by atoms with Gasteiger partial charge < -0.3 is 9.84 Å². The van der Waals surface area contributed by atoms with E-state index in [4.69, 9.17) is 4.74 Å². The van der Waals surface area contributed by atoms with Crippen LogP contribution in [0.2, 0.25) is 0 Å². The molecule has 0 bridgehead atoms. The van der Waals surface area contributed by atoms with Crippen LogP contribution in [0.1, 0.15) is 20.7 Å². The summed E-state index contributed by atoms with van der Waals surface area (Å²) in [6, 6.07) is 25.3. The lowest BCUT2D eigenvalue weighted by atomic mass is 9.94. The highest BCUT2D eigenvalue weighted by Crippen LogP contribution is 2.30. The van der Waals surface area contributed by atoms with E-state index in [1.54, 1.807) is 12.1 Å². The molecule has 0 aromatic heterocycles. The summed E-state index contributed by atoms with van der Waals surface area (Å²) in [6.45, 7) is 5.06. The predicted molar refractivity (Wildman–Crippen MR) is 148 cm³/mol. The van der Waals surface area contributed by atoms with Crippen LogP contribution in [-0.2, 0) is 0 Å². The number of carbonyl (C=O) groups is 2. The summed E-state index contributed by atoms with van der Waals surface area (Å²) in [7, 11) is 0. The van der Waals surface area contributed by atoms with Gasteiger partial charge in [-0.2, -0.15) is 0 Å². The van der Waals surface area contributed by atoms with Crippen LogP contribution < -0.4 is 4.74 Å². The van der Waals surface area contributed by atoms with E-state index in [0.717, 1.165) is 53.5 Å². The minimum atomic E-state index is -0.584. The molecule has 2 heterocycles. The number of aliphatic hydroxyl groups is 1. The molecular weight excluding hydrogens is 478 g/mol. The van der Waals surface area contributed by atoms with Gasteiger partial charge >= 0.3 is 0 Å². The summed E-state index contributed by atoms with van der Waals surface area (Å²) < 4.78 is 5.85. The van der Waals surface area contributed by atoms with Crippen LogP contribution >= 0.6 is 0 Å². The molecule has 1 atom stereocenters. The van der Waals surface area contributed by atoms with Gasteiger partial charge in [0.25, 0.3) is 11.8 Å².